The van der Waals surface area contributed by atoms with Crippen LogP contribution in [0.5, 0.6) is 11.5 Å². The molecular formula is C21H28N2O5. The number of likely N-dealkylation sites (N-methyl/N-ethyl adjacent to an activating group) is 1. The van der Waals surface area contributed by atoms with Gasteiger partial charge >= 0.3 is 0 Å². The molecule has 0 radical (unpaired) electrons. The molecule has 152 valence electrons. The van der Waals surface area contributed by atoms with Crippen LogP contribution in [0.1, 0.15) is 24.0 Å². The highest BCUT2D eigenvalue weighted by atomic mass is 16.5. The number of ether oxygens (including phenoxy) is 2. The van der Waals surface area contributed by atoms with E-state index >= 15 is 0 Å². The predicted octanol–water partition coefficient (Wildman–Crippen LogP) is 2.28. The van der Waals surface area contributed by atoms with Crippen molar-refractivity contribution in [3.63, 3.8) is 0 Å². The van der Waals surface area contributed by atoms with Crippen LogP contribution in [0.3, 0.4) is 0 Å². The first-order valence-electron chi connectivity index (χ1n) is 9.38. The Hall–Kier alpha value is -2.51. The minimum absolute atomic E-state index is 0.248. The number of para-hydroxylation sites is 1. The van der Waals surface area contributed by atoms with E-state index in [9.17, 15) is 9.90 Å². The molecule has 1 aromatic heterocycles. The number of furan rings is 1. The monoisotopic (exact) mass is 388 g/mol. The molecular weight excluding hydrogens is 360 g/mol. The van der Waals surface area contributed by atoms with Crippen molar-refractivity contribution in [3.05, 3.63) is 47.9 Å². The Labute approximate surface area is 165 Å². The average Bonchev–Trinajstić information content (AvgIpc) is 3.18. The number of rotatable bonds is 8. The van der Waals surface area contributed by atoms with Gasteiger partial charge in [-0.05, 0) is 32.0 Å². The molecule has 1 fully saturated rings. The lowest BCUT2D eigenvalue weighted by Crippen LogP contribution is -2.57. The van der Waals surface area contributed by atoms with E-state index in [1.54, 1.807) is 31.6 Å². The van der Waals surface area contributed by atoms with Crippen LogP contribution in [0.15, 0.2) is 41.2 Å². The highest BCUT2D eigenvalue weighted by Crippen LogP contribution is 2.33. The van der Waals surface area contributed by atoms with Crippen LogP contribution in [0, 0.1) is 0 Å². The summed E-state index contributed by atoms with van der Waals surface area (Å²) < 4.78 is 15.9. The van der Waals surface area contributed by atoms with Gasteiger partial charge in [-0.2, -0.15) is 0 Å². The molecule has 1 N–H and O–H groups in total. The van der Waals surface area contributed by atoms with Crippen LogP contribution < -0.4 is 9.47 Å². The van der Waals surface area contributed by atoms with Gasteiger partial charge in [-0.1, -0.05) is 12.1 Å². The molecule has 0 spiro atoms. The first-order chi connectivity index (χ1) is 13.5. The van der Waals surface area contributed by atoms with E-state index in [1.165, 1.54) is 0 Å². The molecule has 1 atom stereocenters. The predicted molar refractivity (Wildman–Crippen MR) is 104 cm³/mol. The van der Waals surface area contributed by atoms with E-state index in [0.717, 1.165) is 17.5 Å². The zero-order valence-corrected chi connectivity index (χ0v) is 16.7. The molecule has 28 heavy (non-hydrogen) atoms. The lowest BCUT2D eigenvalue weighted by atomic mass is 9.90. The van der Waals surface area contributed by atoms with Crippen LogP contribution >= 0.6 is 0 Å². The topological polar surface area (TPSA) is 75.4 Å². The average molecular weight is 388 g/mol. The maximum absolute atomic E-state index is 13.1. The van der Waals surface area contributed by atoms with Crippen molar-refractivity contribution in [3.8, 4) is 11.5 Å². The Bertz CT molecular complexity index is 792. The lowest BCUT2D eigenvalue weighted by molar-refractivity contribution is -0.160. The zero-order valence-electron chi connectivity index (χ0n) is 16.7. The maximum Gasteiger partial charge on any atom is 0.256 e. The van der Waals surface area contributed by atoms with Crippen LogP contribution in [0.2, 0.25) is 0 Å². The van der Waals surface area contributed by atoms with Crippen molar-refractivity contribution in [1.82, 2.24) is 9.80 Å². The molecule has 1 aliphatic heterocycles. The Morgan fingerprint density at radius 3 is 2.79 bits per heavy atom. The van der Waals surface area contributed by atoms with Gasteiger partial charge in [0.1, 0.15) is 0 Å². The van der Waals surface area contributed by atoms with Crippen LogP contribution in [-0.4, -0.2) is 60.8 Å². The Kier molecular flexibility index (Phi) is 6.26. The van der Waals surface area contributed by atoms with Gasteiger partial charge in [0.05, 0.1) is 26.7 Å². The summed E-state index contributed by atoms with van der Waals surface area (Å²) in [6, 6.07) is 7.48. The SMILES string of the molecule is COc1cccc(CN2CCCC(O)(CN(C)Cc3ccoc3)C2=O)c1OC. The fourth-order valence-corrected chi connectivity index (χ4v) is 3.84. The normalized spacial score (nSPS) is 19.9. The molecule has 1 aromatic carbocycles. The molecule has 3 rings (SSSR count). The molecule has 2 heterocycles. The number of piperidine rings is 1. The number of nitrogens with zero attached hydrogens (tertiary/aromatic N) is 2. The van der Waals surface area contributed by atoms with E-state index in [2.05, 4.69) is 0 Å². The summed E-state index contributed by atoms with van der Waals surface area (Å²) in [5, 5.41) is 11.1. The third-order valence-corrected chi connectivity index (χ3v) is 5.11. The van der Waals surface area contributed by atoms with Gasteiger partial charge < -0.3 is 23.9 Å². The molecule has 1 saturated heterocycles. The van der Waals surface area contributed by atoms with Crippen molar-refractivity contribution in [1.29, 1.82) is 0 Å². The number of carbonyl (C=O) groups is 1. The second-order valence-electron chi connectivity index (χ2n) is 7.32. The number of hydrogen-bond acceptors (Lipinski definition) is 6. The third kappa shape index (κ3) is 4.31. The molecule has 2 aromatic rings. The second-order valence-corrected chi connectivity index (χ2v) is 7.32. The highest BCUT2D eigenvalue weighted by molar-refractivity contribution is 5.86. The number of benzene rings is 1. The van der Waals surface area contributed by atoms with E-state index in [-0.39, 0.29) is 12.5 Å². The van der Waals surface area contributed by atoms with Crippen LogP contribution in [0.25, 0.3) is 0 Å². The largest absolute Gasteiger partial charge is 0.493 e. The first-order valence-corrected chi connectivity index (χ1v) is 9.38. The fraction of sp³-hybridized carbons (Fsp3) is 0.476. The summed E-state index contributed by atoms with van der Waals surface area (Å²) in [7, 11) is 5.06. The molecule has 1 unspecified atom stereocenters. The molecule has 7 heteroatoms. The van der Waals surface area contributed by atoms with Crippen LogP contribution in [-0.2, 0) is 17.9 Å². The number of aliphatic hydroxyl groups is 1. The van der Waals surface area contributed by atoms with Gasteiger partial charge in [0.2, 0.25) is 0 Å². The van der Waals surface area contributed by atoms with Crippen molar-refractivity contribution < 1.29 is 23.8 Å². The molecule has 1 amide bonds. The minimum atomic E-state index is -1.40. The Balaban J connectivity index is 1.71. The number of carbonyl (C=O) groups excluding carboxylic acids is 1. The van der Waals surface area contributed by atoms with Gasteiger partial charge in [0.15, 0.2) is 17.1 Å². The zero-order chi connectivity index (χ0) is 20.1. The van der Waals surface area contributed by atoms with Crippen molar-refractivity contribution >= 4 is 5.91 Å². The summed E-state index contributed by atoms with van der Waals surface area (Å²) in [5.41, 5.74) is 0.460. The third-order valence-electron chi connectivity index (χ3n) is 5.11. The number of likely N-dealkylation sites (tertiary alicyclic amines) is 1. The molecule has 0 saturated carbocycles. The van der Waals surface area contributed by atoms with Crippen molar-refractivity contribution in [2.24, 2.45) is 0 Å². The summed E-state index contributed by atoms with van der Waals surface area (Å²) in [5.74, 6) is 0.992. The summed E-state index contributed by atoms with van der Waals surface area (Å²) in [4.78, 5) is 16.7. The summed E-state index contributed by atoms with van der Waals surface area (Å²) >= 11 is 0. The molecule has 0 bridgehead atoms. The molecule has 0 aliphatic carbocycles. The van der Waals surface area contributed by atoms with Gasteiger partial charge in [-0.3, -0.25) is 9.69 Å². The minimum Gasteiger partial charge on any atom is -0.493 e. The van der Waals surface area contributed by atoms with Gasteiger partial charge in [-0.15, -0.1) is 0 Å². The highest BCUT2D eigenvalue weighted by Gasteiger charge is 2.43. The smallest absolute Gasteiger partial charge is 0.256 e. The quantitative estimate of drug-likeness (QED) is 0.748. The fourth-order valence-electron chi connectivity index (χ4n) is 3.84. The Morgan fingerprint density at radius 1 is 1.29 bits per heavy atom. The lowest BCUT2D eigenvalue weighted by Gasteiger charge is -2.40. The molecule has 1 aliphatic rings. The maximum atomic E-state index is 13.1. The summed E-state index contributed by atoms with van der Waals surface area (Å²) in [6.45, 7) is 1.85. The van der Waals surface area contributed by atoms with E-state index in [4.69, 9.17) is 13.9 Å². The number of amides is 1. The van der Waals surface area contributed by atoms with E-state index in [0.29, 0.717) is 37.6 Å². The molecule has 7 nitrogen and oxygen atoms in total. The van der Waals surface area contributed by atoms with Crippen molar-refractivity contribution in [2.45, 2.75) is 31.5 Å². The van der Waals surface area contributed by atoms with Crippen LogP contribution in [0.4, 0.5) is 0 Å². The van der Waals surface area contributed by atoms with E-state index in [1.807, 2.05) is 36.2 Å². The summed E-state index contributed by atoms with van der Waals surface area (Å²) in [6.07, 6.45) is 4.49. The van der Waals surface area contributed by atoms with E-state index < -0.39 is 5.60 Å². The van der Waals surface area contributed by atoms with Crippen molar-refractivity contribution in [2.75, 3.05) is 34.4 Å². The van der Waals surface area contributed by atoms with Gasteiger partial charge in [-0.25, -0.2) is 0 Å². The van der Waals surface area contributed by atoms with Gasteiger partial charge in [0.25, 0.3) is 5.91 Å². The number of hydrogen-bond donors (Lipinski definition) is 1. The second kappa shape index (κ2) is 8.67. The standard InChI is InChI=1S/C21H28N2O5/c1-22(12-16-8-11-28-14-16)15-21(25)9-5-10-23(20(21)24)13-17-6-4-7-18(26-2)19(17)27-3/h4,6-8,11,14,25H,5,9-10,12-13,15H2,1-3H3. The first kappa shape index (κ1) is 20.2. The Morgan fingerprint density at radius 2 is 2.11 bits per heavy atom. The number of methoxy groups -OCH3 is 2. The van der Waals surface area contributed by atoms with Gasteiger partial charge in [0, 0.05) is 37.3 Å².